The molecule has 1 N–H and O–H groups in total. The molecule has 0 aliphatic heterocycles. The highest BCUT2D eigenvalue weighted by Gasteiger charge is 2.15. The molecule has 18 heavy (non-hydrogen) atoms. The summed E-state index contributed by atoms with van der Waals surface area (Å²) in [7, 11) is 0. The van der Waals surface area contributed by atoms with Crippen molar-refractivity contribution >= 4 is 23.8 Å². The van der Waals surface area contributed by atoms with Crippen LogP contribution in [0.15, 0.2) is 18.2 Å². The predicted octanol–water partition coefficient (Wildman–Crippen LogP) is 1.34. The van der Waals surface area contributed by atoms with Crippen molar-refractivity contribution in [2.75, 3.05) is 11.4 Å². The van der Waals surface area contributed by atoms with Crippen LogP contribution in [0.5, 0.6) is 0 Å². The molecule has 1 aromatic rings. The minimum Gasteiger partial charge on any atom is -0.481 e. The number of nitrogens with zero attached hydrogens (tertiary/aromatic N) is 2. The number of amides is 1. The number of hydrogen-bond donors (Lipinski definition) is 1. The number of carbonyl (C=O) groups excluding carboxylic acids is 1. The van der Waals surface area contributed by atoms with Gasteiger partial charge in [0.05, 0.1) is 17.0 Å². The van der Waals surface area contributed by atoms with Crippen LogP contribution in [-0.4, -0.2) is 29.0 Å². The molecule has 0 bridgehead atoms. The van der Waals surface area contributed by atoms with Crippen LogP contribution >= 0.6 is 0 Å². The molecule has 0 radical (unpaired) electrons. The number of anilines is 1. The van der Waals surface area contributed by atoms with E-state index in [2.05, 4.69) is 0 Å². The van der Waals surface area contributed by atoms with Gasteiger partial charge in [0.15, 0.2) is 0 Å². The number of hydrogen-bond acceptors (Lipinski definition) is 4. The van der Waals surface area contributed by atoms with Crippen molar-refractivity contribution < 1.29 is 19.6 Å². The van der Waals surface area contributed by atoms with E-state index in [1.165, 1.54) is 12.1 Å². The van der Waals surface area contributed by atoms with Gasteiger partial charge in [0.1, 0.15) is 0 Å². The molecule has 0 saturated heterocycles. The van der Waals surface area contributed by atoms with E-state index in [4.69, 9.17) is 5.11 Å². The Balaban J connectivity index is 2.99. The summed E-state index contributed by atoms with van der Waals surface area (Å²) < 4.78 is 0. The number of nitro benzene ring substituents is 1. The van der Waals surface area contributed by atoms with E-state index in [0.29, 0.717) is 17.7 Å². The average Bonchev–Trinajstić information content (AvgIpc) is 2.31. The smallest absolute Gasteiger partial charge is 0.305 e. The number of aliphatic carboxylic acids is 1. The van der Waals surface area contributed by atoms with Gasteiger partial charge in [0.25, 0.3) is 5.69 Å². The lowest BCUT2D eigenvalue weighted by atomic mass is 10.1. The molecule has 0 aliphatic carbocycles. The van der Waals surface area contributed by atoms with E-state index in [9.17, 15) is 19.7 Å². The highest BCUT2D eigenvalue weighted by molar-refractivity contribution is 5.78. The SMILES string of the molecule is Cc1ccc(N(C=O)CCC(=O)O)cc1[N+](=O)[O-]. The standard InChI is InChI=1S/C11H12N2O5/c1-8-2-3-9(6-10(8)13(17)18)12(7-14)5-4-11(15)16/h2-3,6-7H,4-5H2,1H3,(H,15,16). The Labute approximate surface area is 103 Å². The van der Waals surface area contributed by atoms with Gasteiger partial charge in [-0.05, 0) is 13.0 Å². The van der Waals surface area contributed by atoms with Crippen molar-refractivity contribution in [2.45, 2.75) is 13.3 Å². The van der Waals surface area contributed by atoms with Gasteiger partial charge in [-0.2, -0.15) is 0 Å². The Kier molecular flexibility index (Phi) is 4.36. The Morgan fingerprint density at radius 2 is 2.22 bits per heavy atom. The monoisotopic (exact) mass is 252 g/mol. The van der Waals surface area contributed by atoms with Crippen LogP contribution in [-0.2, 0) is 9.59 Å². The first kappa shape index (κ1) is 13.6. The van der Waals surface area contributed by atoms with Crippen LogP contribution in [0.25, 0.3) is 0 Å². The zero-order valence-corrected chi connectivity index (χ0v) is 9.70. The Morgan fingerprint density at radius 1 is 1.56 bits per heavy atom. The van der Waals surface area contributed by atoms with Crippen LogP contribution in [0.3, 0.4) is 0 Å². The molecule has 0 spiro atoms. The molecule has 0 aliphatic rings. The highest BCUT2D eigenvalue weighted by atomic mass is 16.6. The van der Waals surface area contributed by atoms with Crippen molar-refractivity contribution in [2.24, 2.45) is 0 Å². The molecule has 0 aromatic heterocycles. The first-order valence-corrected chi connectivity index (χ1v) is 5.14. The van der Waals surface area contributed by atoms with Gasteiger partial charge in [-0.3, -0.25) is 19.7 Å². The maximum absolute atomic E-state index is 10.8. The fraction of sp³-hybridized carbons (Fsp3) is 0.273. The average molecular weight is 252 g/mol. The van der Waals surface area contributed by atoms with Crippen molar-refractivity contribution in [3.63, 3.8) is 0 Å². The van der Waals surface area contributed by atoms with E-state index in [0.717, 1.165) is 4.90 Å². The summed E-state index contributed by atoms with van der Waals surface area (Å²) in [6.07, 6.45) is 0.234. The maximum atomic E-state index is 10.8. The molecule has 0 fully saturated rings. The van der Waals surface area contributed by atoms with Gasteiger partial charge in [-0.25, -0.2) is 0 Å². The molecule has 0 atom stereocenters. The van der Waals surface area contributed by atoms with Gasteiger partial charge in [-0.15, -0.1) is 0 Å². The van der Waals surface area contributed by atoms with Crippen LogP contribution in [0, 0.1) is 17.0 Å². The summed E-state index contributed by atoms with van der Waals surface area (Å²) >= 11 is 0. The number of aryl methyl sites for hydroxylation is 1. The second kappa shape index (κ2) is 5.76. The number of benzene rings is 1. The molecule has 96 valence electrons. The fourth-order valence-electron chi connectivity index (χ4n) is 1.43. The van der Waals surface area contributed by atoms with Gasteiger partial charge < -0.3 is 10.0 Å². The summed E-state index contributed by atoms with van der Waals surface area (Å²) in [6.45, 7) is 1.56. The molecule has 0 heterocycles. The molecule has 0 saturated carbocycles. The normalized spacial score (nSPS) is 9.83. The lowest BCUT2D eigenvalue weighted by Crippen LogP contribution is -2.24. The minimum absolute atomic E-state index is 0.0287. The lowest BCUT2D eigenvalue weighted by Gasteiger charge is -2.16. The zero-order chi connectivity index (χ0) is 13.7. The highest BCUT2D eigenvalue weighted by Crippen LogP contribution is 2.24. The van der Waals surface area contributed by atoms with Gasteiger partial charge in [0.2, 0.25) is 6.41 Å². The molecule has 1 aromatic carbocycles. The minimum atomic E-state index is -1.04. The van der Waals surface area contributed by atoms with Crippen molar-refractivity contribution in [3.05, 3.63) is 33.9 Å². The number of rotatable bonds is 6. The van der Waals surface area contributed by atoms with E-state index in [-0.39, 0.29) is 18.7 Å². The second-order valence-corrected chi connectivity index (χ2v) is 3.67. The van der Waals surface area contributed by atoms with Crippen LogP contribution in [0.1, 0.15) is 12.0 Å². The van der Waals surface area contributed by atoms with Crippen molar-refractivity contribution in [3.8, 4) is 0 Å². The van der Waals surface area contributed by atoms with E-state index in [1.807, 2.05) is 0 Å². The van der Waals surface area contributed by atoms with E-state index >= 15 is 0 Å². The molecule has 1 amide bonds. The number of carboxylic acid groups (broad SMARTS) is 1. The summed E-state index contributed by atoms with van der Waals surface area (Å²) in [5, 5.41) is 19.3. The van der Waals surface area contributed by atoms with Gasteiger partial charge in [0, 0.05) is 18.2 Å². The molecular formula is C11H12N2O5. The summed E-state index contributed by atoms with van der Waals surface area (Å²) in [4.78, 5) is 32.6. The molecular weight excluding hydrogens is 240 g/mol. The largest absolute Gasteiger partial charge is 0.481 e. The van der Waals surface area contributed by atoms with E-state index in [1.54, 1.807) is 13.0 Å². The Morgan fingerprint density at radius 3 is 2.72 bits per heavy atom. The topological polar surface area (TPSA) is 101 Å². The summed E-state index contributed by atoms with van der Waals surface area (Å²) in [6, 6.07) is 4.31. The second-order valence-electron chi connectivity index (χ2n) is 3.67. The van der Waals surface area contributed by atoms with Crippen molar-refractivity contribution in [1.82, 2.24) is 0 Å². The number of carboxylic acids is 1. The summed E-state index contributed by atoms with van der Waals surface area (Å²) in [5.74, 6) is -1.04. The summed E-state index contributed by atoms with van der Waals surface area (Å²) in [5.41, 5.74) is 0.686. The number of carbonyl (C=O) groups is 2. The first-order chi connectivity index (χ1) is 8.45. The van der Waals surface area contributed by atoms with Crippen LogP contribution in [0.2, 0.25) is 0 Å². The fourth-order valence-corrected chi connectivity index (χ4v) is 1.43. The van der Waals surface area contributed by atoms with Crippen molar-refractivity contribution in [1.29, 1.82) is 0 Å². The third kappa shape index (κ3) is 3.27. The molecule has 0 unspecified atom stereocenters. The van der Waals surface area contributed by atoms with E-state index < -0.39 is 10.9 Å². The van der Waals surface area contributed by atoms with Gasteiger partial charge in [-0.1, -0.05) is 6.07 Å². The Hall–Kier alpha value is -2.44. The zero-order valence-electron chi connectivity index (χ0n) is 9.70. The molecule has 1 rings (SSSR count). The van der Waals surface area contributed by atoms with Crippen LogP contribution < -0.4 is 4.90 Å². The van der Waals surface area contributed by atoms with Crippen LogP contribution in [0.4, 0.5) is 11.4 Å². The number of nitro groups is 1. The molecule has 7 heteroatoms. The third-order valence-corrected chi connectivity index (χ3v) is 2.41. The lowest BCUT2D eigenvalue weighted by molar-refractivity contribution is -0.385. The Bertz CT molecular complexity index is 486. The quantitative estimate of drug-likeness (QED) is 0.467. The predicted molar refractivity (Wildman–Crippen MR) is 63.5 cm³/mol. The molecule has 7 nitrogen and oxygen atoms in total. The van der Waals surface area contributed by atoms with Gasteiger partial charge >= 0.3 is 5.97 Å². The third-order valence-electron chi connectivity index (χ3n) is 2.41. The maximum Gasteiger partial charge on any atom is 0.305 e. The first-order valence-electron chi connectivity index (χ1n) is 5.14.